The second-order valence-corrected chi connectivity index (χ2v) is 10.2. The summed E-state index contributed by atoms with van der Waals surface area (Å²) < 4.78 is 26.4. The van der Waals surface area contributed by atoms with Crippen LogP contribution in [-0.2, 0) is 4.57 Å². The molecule has 124 valence electrons. The molecule has 2 aromatic rings. The van der Waals surface area contributed by atoms with E-state index in [1.165, 1.54) is 12.1 Å². The fraction of sp³-hybridized carbons (Fsp3) is 0. The maximum absolute atomic E-state index is 12.3. The van der Waals surface area contributed by atoms with Gasteiger partial charge in [0.05, 0.1) is 8.95 Å². The van der Waals surface area contributed by atoms with Crippen molar-refractivity contribution < 1.29 is 18.5 Å². The second-order valence-electron chi connectivity index (χ2n) is 4.00. The summed E-state index contributed by atoms with van der Waals surface area (Å²) in [5.74, 6) is 0.330. The van der Waals surface area contributed by atoms with E-state index in [-0.39, 0.29) is 11.5 Å². The molecule has 0 heterocycles. The number of hydrogen-bond acceptors (Lipinski definition) is 3. The van der Waals surface area contributed by atoms with E-state index in [2.05, 4.69) is 95.6 Å². The summed E-state index contributed by atoms with van der Waals surface area (Å²) in [4.78, 5) is 10.0. The van der Waals surface area contributed by atoms with Crippen molar-refractivity contribution in [1.82, 2.24) is 0 Å². The number of phosphoric ester groups is 1. The topological polar surface area (TPSA) is 55.8 Å². The Morgan fingerprint density at radius 1 is 0.696 bits per heavy atom. The quantitative estimate of drug-likeness (QED) is 0.259. The van der Waals surface area contributed by atoms with Crippen LogP contribution in [-0.4, -0.2) is 4.89 Å². The molecular weight excluding hydrogens is 719 g/mol. The Labute approximate surface area is 182 Å². The molecule has 11 heteroatoms. The molecule has 2 aromatic carbocycles. The van der Waals surface area contributed by atoms with Gasteiger partial charge in [0.1, 0.15) is 11.5 Å². The van der Waals surface area contributed by atoms with Gasteiger partial charge in [0.15, 0.2) is 0 Å². The van der Waals surface area contributed by atoms with Crippen LogP contribution < -0.4 is 9.05 Å². The molecule has 0 spiro atoms. The highest BCUT2D eigenvalue weighted by molar-refractivity contribution is 9.15. The summed E-state index contributed by atoms with van der Waals surface area (Å²) in [6.07, 6.45) is 0. The van der Waals surface area contributed by atoms with Gasteiger partial charge in [0.25, 0.3) is 0 Å². The Balaban J connectivity index is 2.29. The van der Waals surface area contributed by atoms with Crippen molar-refractivity contribution in [2.45, 2.75) is 0 Å². The van der Waals surface area contributed by atoms with Crippen LogP contribution in [0.25, 0.3) is 0 Å². The third kappa shape index (κ3) is 5.06. The molecule has 23 heavy (non-hydrogen) atoms. The summed E-state index contributed by atoms with van der Waals surface area (Å²) in [6, 6.07) is 6.43. The van der Waals surface area contributed by atoms with Gasteiger partial charge in [0.2, 0.25) is 0 Å². The molecule has 0 radical (unpaired) electrons. The molecule has 0 saturated carbocycles. The van der Waals surface area contributed by atoms with Crippen molar-refractivity contribution in [2.24, 2.45) is 0 Å². The molecule has 0 aliphatic carbocycles. The highest BCUT2D eigenvalue weighted by Crippen LogP contribution is 2.51. The molecule has 0 aliphatic heterocycles. The number of halogens is 6. The van der Waals surface area contributed by atoms with Gasteiger partial charge < -0.3 is 9.05 Å². The fourth-order valence-corrected chi connectivity index (χ4v) is 5.21. The van der Waals surface area contributed by atoms with E-state index in [1.54, 1.807) is 12.1 Å². The van der Waals surface area contributed by atoms with E-state index >= 15 is 0 Å². The van der Waals surface area contributed by atoms with Crippen LogP contribution in [0.2, 0.25) is 0 Å². The predicted octanol–water partition coefficient (Wildman–Crippen LogP) is 7.82. The predicted molar refractivity (Wildman–Crippen MR) is 110 cm³/mol. The first-order valence-corrected chi connectivity index (χ1v) is 11.9. The molecule has 0 aliphatic rings. The normalized spacial score (nSPS) is 11.4. The van der Waals surface area contributed by atoms with Crippen molar-refractivity contribution in [2.75, 3.05) is 0 Å². The third-order valence-corrected chi connectivity index (χ3v) is 9.95. The van der Waals surface area contributed by atoms with Crippen molar-refractivity contribution in [3.8, 4) is 11.5 Å². The minimum atomic E-state index is -4.39. The first kappa shape index (κ1) is 20.4. The zero-order valence-electron chi connectivity index (χ0n) is 10.7. The first-order chi connectivity index (χ1) is 10.6. The van der Waals surface area contributed by atoms with Crippen molar-refractivity contribution in [1.29, 1.82) is 0 Å². The van der Waals surface area contributed by atoms with Crippen LogP contribution >= 0.6 is 103 Å². The summed E-state index contributed by atoms with van der Waals surface area (Å²) in [5, 5.41) is 0. The number of phosphoric acid groups is 1. The Morgan fingerprint density at radius 2 is 1.04 bits per heavy atom. The van der Waals surface area contributed by atoms with E-state index in [4.69, 9.17) is 9.05 Å². The molecule has 0 atom stereocenters. The molecule has 0 amide bonds. The maximum atomic E-state index is 12.3. The zero-order valence-corrected chi connectivity index (χ0v) is 21.1. The van der Waals surface area contributed by atoms with Gasteiger partial charge in [0, 0.05) is 17.9 Å². The van der Waals surface area contributed by atoms with Gasteiger partial charge in [-0.2, -0.15) is 0 Å². The lowest BCUT2D eigenvalue weighted by Gasteiger charge is -2.17. The molecule has 0 aromatic heterocycles. The minimum Gasteiger partial charge on any atom is -0.394 e. The van der Waals surface area contributed by atoms with Gasteiger partial charge in [-0.05, 0) is 120 Å². The second kappa shape index (κ2) is 8.20. The average molecular weight is 724 g/mol. The van der Waals surface area contributed by atoms with Gasteiger partial charge in [-0.3, -0.25) is 4.89 Å². The Hall–Kier alpha value is 1.11. The van der Waals surface area contributed by atoms with E-state index < -0.39 is 7.82 Å². The zero-order chi connectivity index (χ0) is 17.4. The summed E-state index contributed by atoms with van der Waals surface area (Å²) in [7, 11) is -4.39. The van der Waals surface area contributed by atoms with Crippen LogP contribution in [0.1, 0.15) is 0 Å². The summed E-state index contributed by atoms with van der Waals surface area (Å²) in [6.45, 7) is 0. The molecule has 0 saturated heterocycles. The molecular formula is C12H5Br6O4P. The Bertz CT molecular complexity index is 749. The fourth-order valence-electron chi connectivity index (χ4n) is 1.42. The molecule has 2 rings (SSSR count). The number of hydrogen-bond donors (Lipinski definition) is 1. The Kier molecular flexibility index (Phi) is 7.28. The van der Waals surface area contributed by atoms with Crippen molar-refractivity contribution in [3.63, 3.8) is 0 Å². The van der Waals surface area contributed by atoms with Crippen LogP contribution in [0.4, 0.5) is 0 Å². The highest BCUT2D eigenvalue weighted by Gasteiger charge is 2.28. The molecule has 4 nitrogen and oxygen atoms in total. The van der Waals surface area contributed by atoms with Crippen LogP contribution in [0, 0.1) is 0 Å². The van der Waals surface area contributed by atoms with E-state index in [0.29, 0.717) is 17.9 Å². The largest absolute Gasteiger partial charge is 0.584 e. The smallest absolute Gasteiger partial charge is 0.394 e. The standard InChI is InChI=1S/C12H5Br6O4P/c13-5-1-3-7(11(17)9(5)15)21-23(19,20)22-8-4-2-6(14)10(16)12(8)18/h1-4H,(H,19,20). The maximum Gasteiger partial charge on any atom is 0.584 e. The van der Waals surface area contributed by atoms with E-state index in [1.807, 2.05) is 0 Å². The highest BCUT2D eigenvalue weighted by atomic mass is 79.9. The SMILES string of the molecule is O=P(O)(Oc1ccc(Br)c(Br)c1Br)Oc1ccc(Br)c(Br)c1Br. The molecule has 0 fully saturated rings. The number of benzene rings is 2. The first-order valence-electron chi connectivity index (χ1n) is 5.61. The summed E-state index contributed by atoms with van der Waals surface area (Å²) in [5.41, 5.74) is 0. The Morgan fingerprint density at radius 3 is 1.39 bits per heavy atom. The minimum absolute atomic E-state index is 0.165. The lowest BCUT2D eigenvalue weighted by atomic mass is 10.3. The lowest BCUT2D eigenvalue weighted by molar-refractivity contribution is 0.289. The summed E-state index contributed by atoms with van der Waals surface area (Å²) >= 11 is 19.9. The van der Waals surface area contributed by atoms with Crippen LogP contribution in [0.3, 0.4) is 0 Å². The van der Waals surface area contributed by atoms with E-state index in [0.717, 1.165) is 8.95 Å². The van der Waals surface area contributed by atoms with Crippen LogP contribution in [0.15, 0.2) is 51.1 Å². The van der Waals surface area contributed by atoms with Gasteiger partial charge >= 0.3 is 7.82 Å². The third-order valence-electron chi connectivity index (χ3n) is 2.43. The molecule has 0 bridgehead atoms. The average Bonchev–Trinajstić information content (AvgIpc) is 2.48. The lowest BCUT2D eigenvalue weighted by Crippen LogP contribution is -2.01. The van der Waals surface area contributed by atoms with Crippen molar-refractivity contribution in [3.05, 3.63) is 51.1 Å². The van der Waals surface area contributed by atoms with Gasteiger partial charge in [-0.1, -0.05) is 0 Å². The molecule has 1 N–H and O–H groups in total. The van der Waals surface area contributed by atoms with Gasteiger partial charge in [-0.25, -0.2) is 4.57 Å². The van der Waals surface area contributed by atoms with E-state index in [9.17, 15) is 9.46 Å². The van der Waals surface area contributed by atoms with Crippen LogP contribution in [0.5, 0.6) is 11.5 Å². The van der Waals surface area contributed by atoms with Crippen molar-refractivity contribution >= 4 is 103 Å². The molecule has 0 unspecified atom stereocenters. The number of rotatable bonds is 4. The van der Waals surface area contributed by atoms with Gasteiger partial charge in [-0.15, -0.1) is 0 Å². The monoisotopic (exact) mass is 718 g/mol.